The van der Waals surface area contributed by atoms with Crippen LogP contribution in [0.5, 0.6) is 5.75 Å². The molecule has 5 aromatic rings. The van der Waals surface area contributed by atoms with Crippen LogP contribution in [0.15, 0.2) is 85.6 Å². The maximum absolute atomic E-state index is 5.55. The number of hydrogen-bond acceptors (Lipinski definition) is 8. The van der Waals surface area contributed by atoms with E-state index in [0.29, 0.717) is 23.8 Å². The van der Waals surface area contributed by atoms with Crippen molar-refractivity contribution in [3.05, 3.63) is 78.6 Å². The lowest BCUT2D eigenvalue weighted by molar-refractivity contribution is 0.413. The van der Waals surface area contributed by atoms with Crippen molar-refractivity contribution in [1.82, 2.24) is 19.9 Å². The zero-order valence-corrected chi connectivity index (χ0v) is 17.4. The molecule has 31 heavy (non-hydrogen) atoms. The zero-order chi connectivity index (χ0) is 21.0. The Kier molecular flexibility index (Phi) is 5.32. The highest BCUT2D eigenvalue weighted by atomic mass is 32.2. The van der Waals surface area contributed by atoms with E-state index in [1.165, 1.54) is 11.8 Å². The van der Waals surface area contributed by atoms with Crippen LogP contribution in [0.4, 0.5) is 0 Å². The Morgan fingerprint density at radius 2 is 1.81 bits per heavy atom. The minimum absolute atomic E-state index is 0.514. The summed E-state index contributed by atoms with van der Waals surface area (Å²) in [5.74, 6) is 4.16. The molecule has 9 heteroatoms. The standard InChI is InChI=1S/C22H18N4O4S/c1-27-17-8-6-15(7-9-17)21-23-24-22(26(21)13-18-4-2-10-28-18)31-14-16-12-20(30-25-16)19-5-3-11-29-19/h2-12H,13-14H2,1H3. The van der Waals surface area contributed by atoms with Gasteiger partial charge in [0.15, 0.2) is 16.7 Å². The van der Waals surface area contributed by atoms with Crippen molar-refractivity contribution in [2.45, 2.75) is 17.5 Å². The summed E-state index contributed by atoms with van der Waals surface area (Å²) >= 11 is 1.53. The van der Waals surface area contributed by atoms with E-state index in [9.17, 15) is 0 Å². The second-order valence-electron chi connectivity index (χ2n) is 6.65. The summed E-state index contributed by atoms with van der Waals surface area (Å²) in [4.78, 5) is 0. The van der Waals surface area contributed by atoms with Gasteiger partial charge in [-0.25, -0.2) is 0 Å². The largest absolute Gasteiger partial charge is 0.497 e. The van der Waals surface area contributed by atoms with Crippen LogP contribution in [0.3, 0.4) is 0 Å². The van der Waals surface area contributed by atoms with E-state index in [2.05, 4.69) is 15.4 Å². The van der Waals surface area contributed by atoms with Gasteiger partial charge in [0.05, 0.1) is 31.9 Å². The molecule has 0 atom stereocenters. The number of benzene rings is 1. The highest BCUT2D eigenvalue weighted by Crippen LogP contribution is 2.29. The van der Waals surface area contributed by atoms with Gasteiger partial charge in [0.25, 0.3) is 0 Å². The molecule has 0 saturated heterocycles. The van der Waals surface area contributed by atoms with Gasteiger partial charge in [0.2, 0.25) is 5.76 Å². The van der Waals surface area contributed by atoms with Crippen LogP contribution in [0.25, 0.3) is 22.9 Å². The lowest BCUT2D eigenvalue weighted by Crippen LogP contribution is -2.03. The predicted octanol–water partition coefficient (Wildman–Crippen LogP) is 5.14. The van der Waals surface area contributed by atoms with Crippen LogP contribution >= 0.6 is 11.8 Å². The van der Waals surface area contributed by atoms with Crippen LogP contribution < -0.4 is 4.74 Å². The van der Waals surface area contributed by atoms with Crippen molar-refractivity contribution in [2.75, 3.05) is 7.11 Å². The fourth-order valence-electron chi connectivity index (χ4n) is 3.10. The smallest absolute Gasteiger partial charge is 0.202 e. The molecule has 0 bridgehead atoms. The van der Waals surface area contributed by atoms with Gasteiger partial charge >= 0.3 is 0 Å². The number of nitrogens with zero attached hydrogens (tertiary/aromatic N) is 4. The Labute approximate surface area is 181 Å². The minimum atomic E-state index is 0.514. The average molecular weight is 434 g/mol. The van der Waals surface area contributed by atoms with Crippen LogP contribution in [0, 0.1) is 0 Å². The Morgan fingerprint density at radius 1 is 0.968 bits per heavy atom. The van der Waals surface area contributed by atoms with Crippen molar-refractivity contribution >= 4 is 11.8 Å². The number of hydrogen-bond donors (Lipinski definition) is 0. The van der Waals surface area contributed by atoms with Gasteiger partial charge in [-0.15, -0.1) is 10.2 Å². The summed E-state index contributed by atoms with van der Waals surface area (Å²) in [5.41, 5.74) is 1.73. The highest BCUT2D eigenvalue weighted by Gasteiger charge is 2.17. The first kappa shape index (κ1) is 19.3. The summed E-state index contributed by atoms with van der Waals surface area (Å²) < 4.78 is 23.6. The number of ether oxygens (including phenoxy) is 1. The van der Waals surface area contributed by atoms with E-state index < -0.39 is 0 Å². The molecule has 1 aromatic carbocycles. The van der Waals surface area contributed by atoms with Crippen LogP contribution in [-0.4, -0.2) is 27.0 Å². The number of methoxy groups -OCH3 is 1. The first-order valence-corrected chi connectivity index (χ1v) is 10.5. The first-order chi connectivity index (χ1) is 15.3. The number of rotatable bonds is 8. The zero-order valence-electron chi connectivity index (χ0n) is 16.6. The fourth-order valence-corrected chi connectivity index (χ4v) is 3.92. The lowest BCUT2D eigenvalue weighted by Gasteiger charge is -2.09. The van der Waals surface area contributed by atoms with Gasteiger partial charge in [-0.3, -0.25) is 4.57 Å². The Balaban J connectivity index is 1.40. The highest BCUT2D eigenvalue weighted by molar-refractivity contribution is 7.98. The molecular formula is C22H18N4O4S. The van der Waals surface area contributed by atoms with E-state index in [1.54, 1.807) is 19.6 Å². The summed E-state index contributed by atoms with van der Waals surface area (Å²) in [6.45, 7) is 0.514. The second kappa shape index (κ2) is 8.57. The van der Waals surface area contributed by atoms with E-state index in [0.717, 1.165) is 33.7 Å². The van der Waals surface area contributed by atoms with Gasteiger partial charge in [0.1, 0.15) is 11.5 Å². The Morgan fingerprint density at radius 3 is 2.55 bits per heavy atom. The molecule has 0 saturated carbocycles. The summed E-state index contributed by atoms with van der Waals surface area (Å²) in [5, 5.41) is 13.7. The molecule has 0 amide bonds. The van der Waals surface area contributed by atoms with Crippen LogP contribution in [-0.2, 0) is 12.3 Å². The van der Waals surface area contributed by atoms with Crippen molar-refractivity contribution < 1.29 is 18.1 Å². The summed E-state index contributed by atoms with van der Waals surface area (Å²) in [6, 6.07) is 17.0. The molecular weight excluding hydrogens is 416 g/mol. The predicted molar refractivity (Wildman–Crippen MR) is 114 cm³/mol. The normalized spacial score (nSPS) is 11.1. The fraction of sp³-hybridized carbons (Fsp3) is 0.136. The molecule has 156 valence electrons. The number of furan rings is 2. The monoisotopic (exact) mass is 434 g/mol. The van der Waals surface area contributed by atoms with Gasteiger partial charge < -0.3 is 18.1 Å². The maximum atomic E-state index is 5.55. The molecule has 0 spiro atoms. The van der Waals surface area contributed by atoms with Gasteiger partial charge in [-0.2, -0.15) is 0 Å². The van der Waals surface area contributed by atoms with Crippen molar-refractivity contribution in [3.8, 4) is 28.7 Å². The third-order valence-electron chi connectivity index (χ3n) is 4.63. The second-order valence-corrected chi connectivity index (χ2v) is 7.59. The molecule has 5 rings (SSSR count). The minimum Gasteiger partial charge on any atom is -0.497 e. The van der Waals surface area contributed by atoms with Crippen molar-refractivity contribution in [1.29, 1.82) is 0 Å². The quantitative estimate of drug-likeness (QED) is 0.310. The van der Waals surface area contributed by atoms with Gasteiger partial charge in [-0.1, -0.05) is 16.9 Å². The Hall–Kier alpha value is -3.72. The number of thioether (sulfide) groups is 1. The van der Waals surface area contributed by atoms with E-state index in [4.69, 9.17) is 18.1 Å². The van der Waals surface area contributed by atoms with Crippen LogP contribution in [0.1, 0.15) is 11.5 Å². The molecule has 0 aliphatic rings. The van der Waals surface area contributed by atoms with E-state index in [1.807, 2.05) is 59.2 Å². The SMILES string of the molecule is COc1ccc(-c2nnc(SCc3cc(-c4ccco4)on3)n2Cc2ccco2)cc1. The average Bonchev–Trinajstić information content (AvgIpc) is 3.61. The molecule has 8 nitrogen and oxygen atoms in total. The van der Waals surface area contributed by atoms with E-state index in [-0.39, 0.29) is 0 Å². The molecule has 0 fully saturated rings. The van der Waals surface area contributed by atoms with E-state index >= 15 is 0 Å². The van der Waals surface area contributed by atoms with Crippen molar-refractivity contribution in [3.63, 3.8) is 0 Å². The van der Waals surface area contributed by atoms with Gasteiger partial charge in [0, 0.05) is 17.4 Å². The van der Waals surface area contributed by atoms with Crippen molar-refractivity contribution in [2.24, 2.45) is 0 Å². The third-order valence-corrected chi connectivity index (χ3v) is 5.63. The molecule has 0 radical (unpaired) electrons. The maximum Gasteiger partial charge on any atom is 0.202 e. The number of aromatic nitrogens is 4. The van der Waals surface area contributed by atoms with Gasteiger partial charge in [-0.05, 0) is 48.5 Å². The molecule has 0 aliphatic carbocycles. The van der Waals surface area contributed by atoms with Crippen LogP contribution in [0.2, 0.25) is 0 Å². The molecule has 4 heterocycles. The summed E-state index contributed by atoms with van der Waals surface area (Å²) in [7, 11) is 1.64. The topological polar surface area (TPSA) is 92.3 Å². The third kappa shape index (κ3) is 4.13. The molecule has 4 aromatic heterocycles. The lowest BCUT2D eigenvalue weighted by atomic mass is 10.2. The Bertz CT molecular complexity index is 1240. The molecule has 0 aliphatic heterocycles. The summed E-state index contributed by atoms with van der Waals surface area (Å²) in [6.07, 6.45) is 3.26. The first-order valence-electron chi connectivity index (χ1n) is 9.52. The molecule has 0 unspecified atom stereocenters. The molecule has 0 N–H and O–H groups in total.